The lowest BCUT2D eigenvalue weighted by Crippen LogP contribution is -2.35. The molecule has 0 aromatic rings. The predicted octanol–water partition coefficient (Wildman–Crippen LogP) is 2.79. The molecule has 3 aliphatic carbocycles. The second kappa shape index (κ2) is 2.69. The number of alkyl halides is 1. The van der Waals surface area contributed by atoms with Crippen molar-refractivity contribution in [2.75, 3.05) is 0 Å². The van der Waals surface area contributed by atoms with Gasteiger partial charge in [0.05, 0.1) is 5.38 Å². The molecule has 0 amide bonds. The van der Waals surface area contributed by atoms with Crippen molar-refractivity contribution in [2.24, 2.45) is 28.8 Å². The van der Waals surface area contributed by atoms with Gasteiger partial charge in [-0.25, -0.2) is 0 Å². The SMILES string of the molecule is O=N[C@@H]1[C@H](Cl)[C@H]2C[C@H]1[C@H]1CCC[C@@H]12. The third kappa shape index (κ3) is 0.903. The maximum atomic E-state index is 10.7. The molecule has 3 fully saturated rings. The molecule has 0 radical (unpaired) electrons. The summed E-state index contributed by atoms with van der Waals surface area (Å²) >= 11 is 6.25. The Morgan fingerprint density at radius 3 is 2.46 bits per heavy atom. The summed E-state index contributed by atoms with van der Waals surface area (Å²) in [4.78, 5) is 10.7. The molecular weight excluding hydrogens is 186 g/mol. The molecule has 3 saturated carbocycles. The summed E-state index contributed by atoms with van der Waals surface area (Å²) in [5.74, 6) is 2.78. The standard InChI is InChI=1S/C10H14ClNO/c11-9-7-4-8(10(9)12-13)6-3-1-2-5(6)7/h5-10H,1-4H2/t5-,6-,7-,8-,9+,10-/m0/s1. The van der Waals surface area contributed by atoms with E-state index in [1.54, 1.807) is 0 Å². The van der Waals surface area contributed by atoms with E-state index >= 15 is 0 Å². The highest BCUT2D eigenvalue weighted by molar-refractivity contribution is 6.21. The van der Waals surface area contributed by atoms with Gasteiger partial charge in [0.15, 0.2) is 0 Å². The Kier molecular flexibility index (Phi) is 1.70. The highest BCUT2D eigenvalue weighted by atomic mass is 35.5. The van der Waals surface area contributed by atoms with Gasteiger partial charge in [0, 0.05) is 0 Å². The van der Waals surface area contributed by atoms with Crippen molar-refractivity contribution in [1.82, 2.24) is 0 Å². The van der Waals surface area contributed by atoms with Crippen LogP contribution in [0.3, 0.4) is 0 Å². The number of rotatable bonds is 1. The zero-order valence-corrected chi connectivity index (χ0v) is 8.28. The zero-order valence-electron chi connectivity index (χ0n) is 7.53. The highest BCUT2D eigenvalue weighted by Crippen LogP contribution is 2.60. The monoisotopic (exact) mass is 199 g/mol. The molecule has 72 valence electrons. The summed E-state index contributed by atoms with van der Waals surface area (Å²) in [6, 6.07) is -0.0639. The average molecular weight is 200 g/mol. The van der Waals surface area contributed by atoms with Gasteiger partial charge in [-0.1, -0.05) is 11.6 Å². The predicted molar refractivity (Wildman–Crippen MR) is 51.7 cm³/mol. The number of nitroso groups, excluding NO2 is 1. The summed E-state index contributed by atoms with van der Waals surface area (Å²) in [5.41, 5.74) is 0. The van der Waals surface area contributed by atoms with Crippen LogP contribution in [0.5, 0.6) is 0 Å². The lowest BCUT2D eigenvalue weighted by Gasteiger charge is -2.31. The van der Waals surface area contributed by atoms with E-state index in [0.717, 1.165) is 11.8 Å². The van der Waals surface area contributed by atoms with Crippen LogP contribution in [0.2, 0.25) is 0 Å². The van der Waals surface area contributed by atoms with Crippen molar-refractivity contribution in [3.8, 4) is 0 Å². The molecule has 0 spiro atoms. The Bertz CT molecular complexity index is 245. The number of hydrogen-bond acceptors (Lipinski definition) is 2. The molecule has 2 nitrogen and oxygen atoms in total. The van der Waals surface area contributed by atoms with E-state index in [4.69, 9.17) is 11.6 Å². The summed E-state index contributed by atoms with van der Waals surface area (Å²) in [6.07, 6.45) is 5.19. The first-order valence-corrected chi connectivity index (χ1v) is 5.73. The van der Waals surface area contributed by atoms with Gasteiger partial charge in [0.2, 0.25) is 0 Å². The maximum absolute atomic E-state index is 10.7. The van der Waals surface area contributed by atoms with Crippen LogP contribution >= 0.6 is 11.6 Å². The van der Waals surface area contributed by atoms with E-state index < -0.39 is 0 Å². The van der Waals surface area contributed by atoms with Crippen molar-refractivity contribution in [1.29, 1.82) is 0 Å². The molecule has 3 rings (SSSR count). The molecule has 0 N–H and O–H groups in total. The van der Waals surface area contributed by atoms with Crippen LogP contribution in [0, 0.1) is 28.6 Å². The summed E-state index contributed by atoms with van der Waals surface area (Å²) < 4.78 is 0. The van der Waals surface area contributed by atoms with Crippen LogP contribution in [-0.4, -0.2) is 11.4 Å². The fourth-order valence-corrected chi connectivity index (χ4v) is 4.65. The molecule has 3 aliphatic rings. The Balaban J connectivity index is 1.91. The normalized spacial score (nSPS) is 58.2. The van der Waals surface area contributed by atoms with Gasteiger partial charge in [-0.2, -0.15) is 4.91 Å². The Morgan fingerprint density at radius 2 is 1.77 bits per heavy atom. The van der Waals surface area contributed by atoms with Gasteiger partial charge in [-0.05, 0) is 42.9 Å². The molecule has 0 aliphatic heterocycles. The molecule has 3 heteroatoms. The van der Waals surface area contributed by atoms with Crippen LogP contribution < -0.4 is 0 Å². The number of halogens is 1. The van der Waals surface area contributed by atoms with Crippen LogP contribution in [-0.2, 0) is 0 Å². The van der Waals surface area contributed by atoms with Gasteiger partial charge in [-0.15, -0.1) is 11.6 Å². The van der Waals surface area contributed by atoms with Crippen molar-refractivity contribution >= 4 is 11.6 Å². The molecule has 0 heterocycles. The van der Waals surface area contributed by atoms with Crippen LogP contribution in [0.25, 0.3) is 0 Å². The van der Waals surface area contributed by atoms with Crippen molar-refractivity contribution in [3.63, 3.8) is 0 Å². The summed E-state index contributed by atoms with van der Waals surface area (Å²) in [6.45, 7) is 0. The second-order valence-electron chi connectivity index (χ2n) is 4.86. The first-order chi connectivity index (χ1) is 6.33. The maximum Gasteiger partial charge on any atom is 0.112 e. The van der Waals surface area contributed by atoms with Gasteiger partial charge < -0.3 is 0 Å². The van der Waals surface area contributed by atoms with Crippen molar-refractivity contribution in [3.05, 3.63) is 4.91 Å². The molecular formula is C10H14ClNO. The minimum Gasteiger partial charge on any atom is -0.150 e. The fraction of sp³-hybridized carbons (Fsp3) is 1.00. The summed E-state index contributed by atoms with van der Waals surface area (Å²) in [5, 5.41) is 3.29. The van der Waals surface area contributed by atoms with E-state index in [-0.39, 0.29) is 11.4 Å². The van der Waals surface area contributed by atoms with Gasteiger partial charge in [0.25, 0.3) is 0 Å². The number of hydrogen-bond donors (Lipinski definition) is 0. The molecule has 6 atom stereocenters. The molecule has 0 aromatic heterocycles. The molecule has 0 unspecified atom stereocenters. The molecule has 0 aromatic carbocycles. The molecule has 13 heavy (non-hydrogen) atoms. The van der Waals surface area contributed by atoms with Crippen molar-refractivity contribution in [2.45, 2.75) is 37.1 Å². The Morgan fingerprint density at radius 1 is 1.08 bits per heavy atom. The van der Waals surface area contributed by atoms with E-state index in [9.17, 15) is 4.91 Å². The zero-order chi connectivity index (χ0) is 9.00. The Hall–Kier alpha value is -0.110. The van der Waals surface area contributed by atoms with Gasteiger partial charge in [-0.3, -0.25) is 0 Å². The number of nitrogens with zero attached hydrogens (tertiary/aromatic N) is 1. The number of fused-ring (bicyclic) bond motifs is 5. The highest BCUT2D eigenvalue weighted by Gasteiger charge is 2.59. The minimum absolute atomic E-state index is 0.0573. The van der Waals surface area contributed by atoms with Crippen LogP contribution in [0.4, 0.5) is 0 Å². The largest absolute Gasteiger partial charge is 0.150 e. The van der Waals surface area contributed by atoms with E-state index in [1.807, 2.05) is 0 Å². The minimum atomic E-state index is -0.0639. The Labute approximate surface area is 83.0 Å². The van der Waals surface area contributed by atoms with Crippen LogP contribution in [0.15, 0.2) is 5.18 Å². The van der Waals surface area contributed by atoms with E-state index in [2.05, 4.69) is 5.18 Å². The molecule has 2 bridgehead atoms. The van der Waals surface area contributed by atoms with Gasteiger partial charge >= 0.3 is 0 Å². The summed E-state index contributed by atoms with van der Waals surface area (Å²) in [7, 11) is 0. The third-order valence-electron chi connectivity index (χ3n) is 4.56. The topological polar surface area (TPSA) is 29.4 Å². The van der Waals surface area contributed by atoms with Crippen molar-refractivity contribution < 1.29 is 0 Å². The second-order valence-corrected chi connectivity index (χ2v) is 5.37. The molecule has 0 saturated heterocycles. The van der Waals surface area contributed by atoms with Crippen LogP contribution in [0.1, 0.15) is 25.7 Å². The van der Waals surface area contributed by atoms with E-state index in [0.29, 0.717) is 11.8 Å². The average Bonchev–Trinajstić information content (AvgIpc) is 2.71. The first kappa shape index (κ1) is 8.22. The lowest BCUT2D eigenvalue weighted by molar-refractivity contribution is 0.238. The first-order valence-electron chi connectivity index (χ1n) is 5.29. The quantitative estimate of drug-likeness (QED) is 0.472. The smallest absolute Gasteiger partial charge is 0.112 e. The third-order valence-corrected chi connectivity index (χ3v) is 5.15. The fourth-order valence-electron chi connectivity index (χ4n) is 4.13. The van der Waals surface area contributed by atoms with Gasteiger partial charge in [0.1, 0.15) is 6.04 Å². The lowest BCUT2D eigenvalue weighted by atomic mass is 9.79. The van der Waals surface area contributed by atoms with E-state index in [1.165, 1.54) is 25.7 Å².